The second-order valence-corrected chi connectivity index (χ2v) is 10.0. The second-order valence-electron chi connectivity index (χ2n) is 6.75. The minimum absolute atomic E-state index is 0.0891. The summed E-state index contributed by atoms with van der Waals surface area (Å²) >= 11 is 21.5. The third-order valence-corrected chi connectivity index (χ3v) is 7.67. The minimum Gasteiger partial charge on any atom is -0.313 e. The van der Waals surface area contributed by atoms with Crippen LogP contribution in [0.5, 0.6) is 0 Å². The van der Waals surface area contributed by atoms with Crippen LogP contribution in [0.4, 0.5) is 0 Å². The molecule has 1 aromatic carbocycles. The number of benzene rings is 1. The number of halogens is 2. The molecule has 2 aromatic heterocycles. The van der Waals surface area contributed by atoms with Crippen LogP contribution in [0, 0.1) is 0 Å². The Hall–Kier alpha value is -1.70. The number of carbonyl (C=O) groups is 1. The van der Waals surface area contributed by atoms with Crippen LogP contribution in [0.2, 0.25) is 10.0 Å². The average molecular weight is 494 g/mol. The van der Waals surface area contributed by atoms with Gasteiger partial charge in [-0.3, -0.25) is 9.69 Å². The molecule has 3 nitrogen and oxygen atoms in total. The fourth-order valence-electron chi connectivity index (χ4n) is 3.26. The molecule has 0 spiro atoms. The number of thiophene rings is 2. The maximum Gasteiger partial charge on any atom is 0.276 e. The second kappa shape index (κ2) is 9.62. The zero-order valence-electron chi connectivity index (χ0n) is 15.9. The first-order valence-electron chi connectivity index (χ1n) is 9.38. The number of rotatable bonds is 7. The molecule has 0 aliphatic carbocycles. The van der Waals surface area contributed by atoms with Crippen molar-refractivity contribution in [1.29, 1.82) is 0 Å². The molecule has 4 rings (SSSR count). The summed E-state index contributed by atoms with van der Waals surface area (Å²) in [6, 6.07) is 13.5. The van der Waals surface area contributed by atoms with Crippen LogP contribution < -0.4 is 0 Å². The van der Waals surface area contributed by atoms with Gasteiger partial charge in [-0.05, 0) is 71.7 Å². The Morgan fingerprint density at radius 3 is 2.13 bits per heavy atom. The van der Waals surface area contributed by atoms with Crippen molar-refractivity contribution in [2.75, 3.05) is 13.1 Å². The van der Waals surface area contributed by atoms with Gasteiger partial charge in [-0.25, -0.2) is 0 Å². The molecule has 1 amide bonds. The van der Waals surface area contributed by atoms with E-state index < -0.39 is 0 Å². The molecule has 0 bridgehead atoms. The molecule has 0 unspecified atom stereocenters. The van der Waals surface area contributed by atoms with Crippen LogP contribution in [0.3, 0.4) is 0 Å². The predicted octanol–water partition coefficient (Wildman–Crippen LogP) is 6.37. The van der Waals surface area contributed by atoms with Gasteiger partial charge >= 0.3 is 0 Å². The Kier molecular flexibility index (Phi) is 6.91. The van der Waals surface area contributed by atoms with E-state index in [2.05, 4.69) is 17.5 Å². The number of carbonyl (C=O) groups excluding carboxylic acids is 1. The van der Waals surface area contributed by atoms with E-state index in [9.17, 15) is 4.79 Å². The van der Waals surface area contributed by atoms with Gasteiger partial charge in [0.05, 0.1) is 0 Å². The van der Waals surface area contributed by atoms with Gasteiger partial charge in [-0.15, -0.1) is 22.7 Å². The van der Waals surface area contributed by atoms with Crippen molar-refractivity contribution in [3.05, 3.63) is 84.3 Å². The van der Waals surface area contributed by atoms with Crippen molar-refractivity contribution in [2.24, 2.45) is 0 Å². The molecule has 1 aliphatic heterocycles. The predicted molar refractivity (Wildman–Crippen MR) is 132 cm³/mol. The fraction of sp³-hybridized carbons (Fsp3) is 0.182. The Labute approximate surface area is 199 Å². The van der Waals surface area contributed by atoms with E-state index in [0.717, 1.165) is 18.4 Å². The molecule has 1 aliphatic rings. The smallest absolute Gasteiger partial charge is 0.276 e. The topological polar surface area (TPSA) is 23.6 Å². The zero-order chi connectivity index (χ0) is 21.1. The molecule has 3 heterocycles. The van der Waals surface area contributed by atoms with Crippen LogP contribution in [0.1, 0.15) is 15.3 Å². The maximum absolute atomic E-state index is 13.3. The van der Waals surface area contributed by atoms with E-state index in [-0.39, 0.29) is 5.91 Å². The molecular formula is C22H18Cl2N2OS3. The monoisotopic (exact) mass is 492 g/mol. The third kappa shape index (κ3) is 4.79. The SMILES string of the molecule is O=C1/C(=C\c2ccc(Cl)cc2Cl)N(CCc2cccs2)C(=S)N1CCc1cccs1. The van der Waals surface area contributed by atoms with Crippen molar-refractivity contribution in [3.63, 3.8) is 0 Å². The van der Waals surface area contributed by atoms with Crippen LogP contribution in [0.15, 0.2) is 58.9 Å². The zero-order valence-corrected chi connectivity index (χ0v) is 19.8. The molecular weight excluding hydrogens is 475 g/mol. The van der Waals surface area contributed by atoms with Gasteiger partial charge in [-0.2, -0.15) is 0 Å². The fourth-order valence-corrected chi connectivity index (χ4v) is 5.49. The molecule has 1 saturated heterocycles. The highest BCUT2D eigenvalue weighted by Gasteiger charge is 2.37. The maximum atomic E-state index is 13.3. The number of hydrogen-bond acceptors (Lipinski definition) is 4. The quantitative estimate of drug-likeness (QED) is 0.282. The summed E-state index contributed by atoms with van der Waals surface area (Å²) in [4.78, 5) is 19.4. The van der Waals surface area contributed by atoms with Crippen LogP contribution >= 0.6 is 58.1 Å². The Bertz CT molecular complexity index is 1080. The molecule has 0 atom stereocenters. The van der Waals surface area contributed by atoms with Gasteiger partial charge in [0.25, 0.3) is 5.91 Å². The van der Waals surface area contributed by atoms with Crippen molar-refractivity contribution in [3.8, 4) is 0 Å². The van der Waals surface area contributed by atoms with Crippen molar-refractivity contribution >= 4 is 75.2 Å². The van der Waals surface area contributed by atoms with Crippen LogP contribution in [-0.4, -0.2) is 33.9 Å². The highest BCUT2D eigenvalue weighted by atomic mass is 35.5. The summed E-state index contributed by atoms with van der Waals surface area (Å²) in [5.74, 6) is -0.0891. The van der Waals surface area contributed by atoms with Gasteiger partial charge < -0.3 is 4.90 Å². The van der Waals surface area contributed by atoms with Crippen LogP contribution in [0.25, 0.3) is 6.08 Å². The highest BCUT2D eigenvalue weighted by molar-refractivity contribution is 7.80. The number of amides is 1. The van der Waals surface area contributed by atoms with Crippen molar-refractivity contribution in [2.45, 2.75) is 12.8 Å². The van der Waals surface area contributed by atoms with Crippen LogP contribution in [-0.2, 0) is 17.6 Å². The largest absolute Gasteiger partial charge is 0.313 e. The Morgan fingerprint density at radius 2 is 1.57 bits per heavy atom. The summed E-state index contributed by atoms with van der Waals surface area (Å²) in [6.45, 7) is 1.19. The molecule has 154 valence electrons. The van der Waals surface area contributed by atoms with Gasteiger partial charge in [0.2, 0.25) is 0 Å². The molecule has 30 heavy (non-hydrogen) atoms. The first kappa shape index (κ1) is 21.5. The molecule has 0 N–H and O–H groups in total. The van der Waals surface area contributed by atoms with Gasteiger partial charge in [0.15, 0.2) is 5.11 Å². The first-order valence-corrected chi connectivity index (χ1v) is 12.3. The van der Waals surface area contributed by atoms with E-state index in [4.69, 9.17) is 35.4 Å². The standard InChI is InChI=1S/C22H18Cl2N2OS3/c23-16-6-5-15(19(24)14-16)13-20-21(27)26(10-8-18-4-2-12-30-18)22(28)25(20)9-7-17-3-1-11-29-17/h1-6,11-14H,7-10H2/b20-13+. The van der Waals surface area contributed by atoms with Gasteiger partial charge in [0.1, 0.15) is 5.70 Å². The average Bonchev–Trinajstić information content (AvgIpc) is 3.45. The van der Waals surface area contributed by atoms with E-state index in [1.807, 2.05) is 34.6 Å². The molecule has 3 aromatic rings. The van der Waals surface area contributed by atoms with E-state index in [1.54, 1.807) is 39.7 Å². The minimum atomic E-state index is -0.0891. The number of thiocarbonyl (C=S) groups is 1. The number of hydrogen-bond donors (Lipinski definition) is 0. The summed E-state index contributed by atoms with van der Waals surface area (Å²) in [7, 11) is 0. The molecule has 0 saturated carbocycles. The summed E-state index contributed by atoms with van der Waals surface area (Å²) in [5, 5.41) is 5.71. The highest BCUT2D eigenvalue weighted by Crippen LogP contribution is 2.29. The molecule has 8 heteroatoms. The lowest BCUT2D eigenvalue weighted by Gasteiger charge is -2.20. The molecule has 1 fully saturated rings. The Morgan fingerprint density at radius 1 is 0.933 bits per heavy atom. The van der Waals surface area contributed by atoms with Crippen molar-refractivity contribution < 1.29 is 4.79 Å². The number of nitrogens with zero attached hydrogens (tertiary/aromatic N) is 2. The van der Waals surface area contributed by atoms with Gasteiger partial charge in [-0.1, -0.05) is 41.4 Å². The van der Waals surface area contributed by atoms with E-state index in [1.165, 1.54) is 9.75 Å². The lowest BCUT2D eigenvalue weighted by molar-refractivity contribution is -0.122. The summed E-state index contributed by atoms with van der Waals surface area (Å²) < 4.78 is 0. The normalized spacial score (nSPS) is 15.6. The first-order chi connectivity index (χ1) is 14.5. The third-order valence-electron chi connectivity index (χ3n) is 4.80. The van der Waals surface area contributed by atoms with Crippen molar-refractivity contribution in [1.82, 2.24) is 9.80 Å². The van der Waals surface area contributed by atoms with Gasteiger partial charge in [0, 0.05) is 32.9 Å². The lowest BCUT2D eigenvalue weighted by Crippen LogP contribution is -2.34. The molecule has 0 radical (unpaired) electrons. The van der Waals surface area contributed by atoms with E-state index >= 15 is 0 Å². The summed E-state index contributed by atoms with van der Waals surface area (Å²) in [6.07, 6.45) is 3.40. The summed E-state index contributed by atoms with van der Waals surface area (Å²) in [5.41, 5.74) is 1.29. The van der Waals surface area contributed by atoms with E-state index in [0.29, 0.717) is 33.9 Å². The lowest BCUT2D eigenvalue weighted by atomic mass is 10.1. The Balaban J connectivity index is 1.61.